The van der Waals surface area contributed by atoms with E-state index in [1.54, 1.807) is 19.1 Å². The molecule has 2 unspecified atom stereocenters. The standard InChI is InChI=1S/C20H17NO2S2/c1-14(13-21)12-17(18(24)15-8-4-2-5-9-15)19(22)23-20(25)16-10-6-3-7-11-16/h2-11,14,17H,12H2,1H3. The number of esters is 1. The minimum atomic E-state index is -0.700. The van der Waals surface area contributed by atoms with E-state index in [0.717, 1.165) is 5.56 Å². The lowest BCUT2D eigenvalue weighted by Gasteiger charge is -2.18. The first-order chi connectivity index (χ1) is 12.0. The fourth-order valence-corrected chi connectivity index (χ4v) is 2.86. The monoisotopic (exact) mass is 367 g/mol. The van der Waals surface area contributed by atoms with Crippen molar-refractivity contribution in [3.05, 3.63) is 71.8 Å². The van der Waals surface area contributed by atoms with Crippen LogP contribution in [-0.4, -0.2) is 15.9 Å². The number of ether oxygens (including phenoxy) is 1. The van der Waals surface area contributed by atoms with Crippen molar-refractivity contribution < 1.29 is 9.53 Å². The third-order valence-corrected chi connectivity index (χ3v) is 4.51. The lowest BCUT2D eigenvalue weighted by molar-refractivity contribution is -0.137. The van der Waals surface area contributed by atoms with Gasteiger partial charge in [-0.2, -0.15) is 5.26 Å². The molecule has 25 heavy (non-hydrogen) atoms. The minimum absolute atomic E-state index is 0.107. The first-order valence-corrected chi connectivity index (χ1v) is 8.64. The van der Waals surface area contributed by atoms with Crippen LogP contribution in [0.15, 0.2) is 60.7 Å². The van der Waals surface area contributed by atoms with Gasteiger partial charge in [0.05, 0.1) is 12.0 Å². The van der Waals surface area contributed by atoms with E-state index in [2.05, 4.69) is 6.07 Å². The molecule has 126 valence electrons. The molecule has 2 aromatic carbocycles. The van der Waals surface area contributed by atoms with Crippen LogP contribution in [0.1, 0.15) is 24.5 Å². The quantitative estimate of drug-likeness (QED) is 0.428. The van der Waals surface area contributed by atoms with Crippen molar-refractivity contribution in [1.82, 2.24) is 0 Å². The number of nitriles is 1. The van der Waals surface area contributed by atoms with E-state index in [9.17, 15) is 4.79 Å². The first kappa shape index (κ1) is 18.9. The number of benzene rings is 2. The van der Waals surface area contributed by atoms with Crippen molar-refractivity contribution in [2.24, 2.45) is 11.8 Å². The van der Waals surface area contributed by atoms with Gasteiger partial charge in [-0.15, -0.1) is 0 Å². The molecule has 0 saturated carbocycles. The van der Waals surface area contributed by atoms with Gasteiger partial charge in [0.1, 0.15) is 0 Å². The van der Waals surface area contributed by atoms with Crippen molar-refractivity contribution in [1.29, 1.82) is 5.26 Å². The first-order valence-electron chi connectivity index (χ1n) is 7.83. The van der Waals surface area contributed by atoms with Crippen LogP contribution in [0, 0.1) is 23.2 Å². The summed E-state index contributed by atoms with van der Waals surface area (Å²) in [6.45, 7) is 1.75. The Kier molecular flexibility index (Phi) is 6.93. The molecule has 0 amide bonds. The Morgan fingerprint density at radius 2 is 1.56 bits per heavy atom. The second kappa shape index (κ2) is 9.16. The van der Waals surface area contributed by atoms with E-state index in [0.29, 0.717) is 16.8 Å². The lowest BCUT2D eigenvalue weighted by Crippen LogP contribution is -2.29. The summed E-state index contributed by atoms with van der Waals surface area (Å²) >= 11 is 10.7. The summed E-state index contributed by atoms with van der Waals surface area (Å²) in [6.07, 6.45) is 0.292. The number of nitrogens with zero attached hydrogens (tertiary/aromatic N) is 1. The number of carbonyl (C=O) groups is 1. The molecule has 2 aromatic rings. The molecule has 0 heterocycles. The maximum atomic E-state index is 12.7. The fourth-order valence-electron chi connectivity index (χ4n) is 2.32. The zero-order valence-electron chi connectivity index (χ0n) is 13.7. The molecule has 2 rings (SSSR count). The molecule has 0 fully saturated rings. The summed E-state index contributed by atoms with van der Waals surface area (Å²) in [7, 11) is 0. The maximum absolute atomic E-state index is 12.7. The SMILES string of the molecule is CC(C#N)CC(C(=O)OC(=S)c1ccccc1)C(=S)c1ccccc1. The smallest absolute Gasteiger partial charge is 0.320 e. The molecule has 0 aliphatic rings. The van der Waals surface area contributed by atoms with Crippen LogP contribution in [0.4, 0.5) is 0 Å². The van der Waals surface area contributed by atoms with E-state index in [4.69, 9.17) is 34.4 Å². The van der Waals surface area contributed by atoms with Crippen LogP contribution >= 0.6 is 24.4 Å². The third kappa shape index (κ3) is 5.28. The van der Waals surface area contributed by atoms with Gasteiger partial charge in [-0.3, -0.25) is 4.79 Å². The highest BCUT2D eigenvalue weighted by Crippen LogP contribution is 2.21. The topological polar surface area (TPSA) is 50.1 Å². The van der Waals surface area contributed by atoms with Gasteiger partial charge in [-0.05, 0) is 31.1 Å². The fraction of sp³-hybridized carbons (Fsp3) is 0.200. The Morgan fingerprint density at radius 1 is 1.04 bits per heavy atom. The molecular formula is C20H17NO2S2. The third-order valence-electron chi connectivity index (χ3n) is 3.67. The molecule has 5 heteroatoms. The molecule has 0 spiro atoms. The van der Waals surface area contributed by atoms with E-state index in [-0.39, 0.29) is 11.0 Å². The molecule has 0 aromatic heterocycles. The van der Waals surface area contributed by atoms with Gasteiger partial charge in [0, 0.05) is 16.3 Å². The van der Waals surface area contributed by atoms with Gasteiger partial charge in [-0.25, -0.2) is 0 Å². The van der Waals surface area contributed by atoms with E-state index in [1.165, 1.54) is 0 Å². The van der Waals surface area contributed by atoms with Crippen LogP contribution in [0.5, 0.6) is 0 Å². The van der Waals surface area contributed by atoms with E-state index < -0.39 is 11.9 Å². The summed E-state index contributed by atoms with van der Waals surface area (Å²) in [4.78, 5) is 13.1. The zero-order valence-corrected chi connectivity index (χ0v) is 15.3. The van der Waals surface area contributed by atoms with Crippen LogP contribution in [0.2, 0.25) is 0 Å². The second-order valence-corrected chi connectivity index (χ2v) is 6.43. The van der Waals surface area contributed by atoms with E-state index >= 15 is 0 Å². The molecule has 0 aliphatic heterocycles. The molecule has 3 nitrogen and oxygen atoms in total. The van der Waals surface area contributed by atoms with Crippen molar-refractivity contribution >= 4 is 40.3 Å². The Hall–Kier alpha value is -2.42. The lowest BCUT2D eigenvalue weighted by atomic mass is 9.90. The highest BCUT2D eigenvalue weighted by molar-refractivity contribution is 7.81. The van der Waals surface area contributed by atoms with Gasteiger partial charge >= 0.3 is 5.97 Å². The summed E-state index contributed by atoms with van der Waals surface area (Å²) < 4.78 is 5.38. The van der Waals surface area contributed by atoms with Gasteiger partial charge in [-0.1, -0.05) is 72.9 Å². The van der Waals surface area contributed by atoms with Crippen molar-refractivity contribution in [3.63, 3.8) is 0 Å². The van der Waals surface area contributed by atoms with Crippen LogP contribution in [-0.2, 0) is 9.53 Å². The zero-order chi connectivity index (χ0) is 18.2. The molecule has 0 bridgehead atoms. The normalized spacial score (nSPS) is 12.5. The number of hydrogen-bond donors (Lipinski definition) is 0. The van der Waals surface area contributed by atoms with Crippen LogP contribution in [0.3, 0.4) is 0 Å². The highest BCUT2D eigenvalue weighted by atomic mass is 32.1. The van der Waals surface area contributed by atoms with E-state index in [1.807, 2.05) is 48.5 Å². The largest absolute Gasteiger partial charge is 0.413 e. The predicted octanol–water partition coefficient (Wildman–Crippen LogP) is 4.49. The maximum Gasteiger partial charge on any atom is 0.320 e. The van der Waals surface area contributed by atoms with Crippen molar-refractivity contribution in [2.75, 3.05) is 0 Å². The van der Waals surface area contributed by atoms with Crippen LogP contribution < -0.4 is 0 Å². The molecule has 2 atom stereocenters. The average Bonchev–Trinajstić information content (AvgIpc) is 2.66. The number of thiocarbonyl (C=S) groups is 2. The Morgan fingerprint density at radius 3 is 2.08 bits per heavy atom. The highest BCUT2D eigenvalue weighted by Gasteiger charge is 2.29. The summed E-state index contributed by atoms with van der Waals surface area (Å²) in [5.41, 5.74) is 1.43. The van der Waals surface area contributed by atoms with Gasteiger partial charge in [0.15, 0.2) is 0 Å². The molecule has 0 radical (unpaired) electrons. The Labute approximate surface area is 158 Å². The number of rotatable bonds is 6. The van der Waals surface area contributed by atoms with Crippen LogP contribution in [0.25, 0.3) is 0 Å². The molecular weight excluding hydrogens is 350 g/mol. The van der Waals surface area contributed by atoms with Gasteiger partial charge in [0.25, 0.3) is 0 Å². The minimum Gasteiger partial charge on any atom is -0.413 e. The number of hydrogen-bond acceptors (Lipinski definition) is 5. The summed E-state index contributed by atoms with van der Waals surface area (Å²) in [5, 5.41) is 9.21. The van der Waals surface area contributed by atoms with Crippen molar-refractivity contribution in [2.45, 2.75) is 13.3 Å². The predicted molar refractivity (Wildman–Crippen MR) is 105 cm³/mol. The average molecular weight is 367 g/mol. The molecule has 0 aliphatic carbocycles. The molecule has 0 N–H and O–H groups in total. The Balaban J connectivity index is 2.20. The molecule has 0 saturated heterocycles. The Bertz CT molecular complexity index is 797. The van der Waals surface area contributed by atoms with Gasteiger partial charge in [0.2, 0.25) is 5.05 Å². The van der Waals surface area contributed by atoms with Crippen molar-refractivity contribution in [3.8, 4) is 6.07 Å². The number of carbonyl (C=O) groups excluding carboxylic acids is 1. The summed E-state index contributed by atoms with van der Waals surface area (Å²) in [6, 6.07) is 20.5. The van der Waals surface area contributed by atoms with Gasteiger partial charge < -0.3 is 4.74 Å². The second-order valence-electron chi connectivity index (χ2n) is 5.62. The summed E-state index contributed by atoms with van der Waals surface area (Å²) in [5.74, 6) is -1.55.